The fourth-order valence-corrected chi connectivity index (χ4v) is 1.09. The molecule has 0 bridgehead atoms. The van der Waals surface area contributed by atoms with Crippen LogP contribution < -0.4 is 5.73 Å². The van der Waals surface area contributed by atoms with Crippen molar-refractivity contribution in [1.29, 1.82) is 0 Å². The number of carbonyl (C=O) groups is 1. The third-order valence-corrected chi connectivity index (χ3v) is 1.93. The Kier molecular flexibility index (Phi) is 3.72. The quantitative estimate of drug-likeness (QED) is 0.715. The number of benzene rings is 1. The second-order valence-corrected chi connectivity index (χ2v) is 2.96. The number of hydrogen-bond donors (Lipinski definition) is 2. The number of nitrogens with two attached hydrogens (primary N) is 1. The van der Waals surface area contributed by atoms with Crippen molar-refractivity contribution in [2.45, 2.75) is 12.6 Å². The molecule has 0 radical (unpaired) electrons. The van der Waals surface area contributed by atoms with Crippen LogP contribution in [0.1, 0.15) is 17.2 Å². The number of aliphatic carboxylic acids is 1. The molecule has 4 nitrogen and oxygen atoms in total. The van der Waals surface area contributed by atoms with Gasteiger partial charge in [-0.1, -0.05) is 30.7 Å². The molecular formula is C11H11NO3. The lowest BCUT2D eigenvalue weighted by Crippen LogP contribution is -2.20. The third-order valence-electron chi connectivity index (χ3n) is 1.93. The first-order valence-corrected chi connectivity index (χ1v) is 4.29. The molecule has 3 N–H and O–H groups in total. The Morgan fingerprint density at radius 3 is 2.60 bits per heavy atom. The summed E-state index contributed by atoms with van der Waals surface area (Å²) in [5.74, 6) is -1.05. The number of terminal acetylenes is 1. The predicted molar refractivity (Wildman–Crippen MR) is 54.6 cm³/mol. The maximum atomic E-state index is 10.6. The van der Waals surface area contributed by atoms with Gasteiger partial charge in [-0.3, -0.25) is 4.79 Å². The Morgan fingerprint density at radius 2 is 2.13 bits per heavy atom. The number of rotatable bonds is 4. The molecule has 0 aliphatic heterocycles. The van der Waals surface area contributed by atoms with Crippen molar-refractivity contribution in [1.82, 2.24) is 0 Å². The number of ether oxygens (including phenoxy) is 1. The van der Waals surface area contributed by atoms with Crippen LogP contribution in [0.15, 0.2) is 24.3 Å². The summed E-state index contributed by atoms with van der Waals surface area (Å²) >= 11 is 0. The van der Waals surface area contributed by atoms with E-state index in [1.807, 2.05) is 0 Å². The molecule has 0 fully saturated rings. The predicted octanol–water partition coefficient (Wildman–Crippen LogP) is 0.878. The number of carboxylic acid groups (broad SMARTS) is 1. The first-order valence-electron chi connectivity index (χ1n) is 4.29. The molecule has 1 aromatic carbocycles. The van der Waals surface area contributed by atoms with Crippen LogP contribution in [0.25, 0.3) is 0 Å². The van der Waals surface area contributed by atoms with Crippen molar-refractivity contribution >= 4 is 5.97 Å². The molecule has 1 unspecified atom stereocenters. The minimum Gasteiger partial charge on any atom is -0.480 e. The van der Waals surface area contributed by atoms with Crippen molar-refractivity contribution in [3.63, 3.8) is 0 Å². The van der Waals surface area contributed by atoms with Crippen LogP contribution in [0.3, 0.4) is 0 Å². The van der Waals surface area contributed by atoms with E-state index in [1.54, 1.807) is 24.3 Å². The summed E-state index contributed by atoms with van der Waals surface area (Å²) in [7, 11) is 0. The Balaban J connectivity index is 2.72. The van der Waals surface area contributed by atoms with Gasteiger partial charge in [0.2, 0.25) is 0 Å². The van der Waals surface area contributed by atoms with Crippen LogP contribution in [0.4, 0.5) is 0 Å². The van der Waals surface area contributed by atoms with Gasteiger partial charge in [0.05, 0.1) is 0 Å². The van der Waals surface area contributed by atoms with Crippen molar-refractivity contribution in [3.8, 4) is 12.5 Å². The lowest BCUT2D eigenvalue weighted by molar-refractivity contribution is -0.138. The van der Waals surface area contributed by atoms with Gasteiger partial charge in [-0.05, 0) is 11.1 Å². The van der Waals surface area contributed by atoms with E-state index < -0.39 is 12.0 Å². The van der Waals surface area contributed by atoms with Crippen LogP contribution in [0, 0.1) is 12.5 Å². The lowest BCUT2D eigenvalue weighted by atomic mass is 10.1. The van der Waals surface area contributed by atoms with Crippen molar-refractivity contribution in [2.24, 2.45) is 5.73 Å². The van der Waals surface area contributed by atoms with Gasteiger partial charge >= 0.3 is 5.97 Å². The maximum Gasteiger partial charge on any atom is 0.325 e. The standard InChI is InChI=1S/C11H11NO3/c1-2-15-7-8-3-5-9(6-4-8)10(12)11(13)14/h1,3-6,10H,7,12H2,(H,13,14). The molecule has 0 saturated heterocycles. The summed E-state index contributed by atoms with van der Waals surface area (Å²) in [6.07, 6.45) is 6.98. The summed E-state index contributed by atoms with van der Waals surface area (Å²) < 4.78 is 4.75. The highest BCUT2D eigenvalue weighted by molar-refractivity contribution is 5.75. The topological polar surface area (TPSA) is 72.5 Å². The summed E-state index contributed by atoms with van der Waals surface area (Å²) in [6.45, 7) is 0.305. The van der Waals surface area contributed by atoms with Gasteiger partial charge in [-0.2, -0.15) is 0 Å². The molecule has 0 amide bonds. The average Bonchev–Trinajstić information content (AvgIpc) is 2.26. The summed E-state index contributed by atoms with van der Waals surface area (Å²) in [6, 6.07) is 5.76. The second kappa shape index (κ2) is 5.03. The van der Waals surface area contributed by atoms with Gasteiger partial charge < -0.3 is 15.6 Å². The van der Waals surface area contributed by atoms with Gasteiger partial charge in [0.25, 0.3) is 0 Å². The molecule has 15 heavy (non-hydrogen) atoms. The molecule has 0 spiro atoms. The monoisotopic (exact) mass is 205 g/mol. The maximum absolute atomic E-state index is 10.6. The van der Waals surface area contributed by atoms with Crippen LogP contribution in [0.2, 0.25) is 0 Å². The van der Waals surface area contributed by atoms with Crippen LogP contribution in [-0.4, -0.2) is 11.1 Å². The molecule has 78 valence electrons. The van der Waals surface area contributed by atoms with E-state index in [0.29, 0.717) is 12.2 Å². The Bertz CT molecular complexity index is 378. The van der Waals surface area contributed by atoms with Gasteiger partial charge in [0, 0.05) is 0 Å². The normalized spacial score (nSPS) is 11.5. The highest BCUT2D eigenvalue weighted by Gasteiger charge is 2.13. The molecular weight excluding hydrogens is 194 g/mol. The Labute approximate surface area is 87.7 Å². The molecule has 0 aromatic heterocycles. The van der Waals surface area contributed by atoms with Crippen molar-refractivity contribution in [2.75, 3.05) is 0 Å². The fourth-order valence-electron chi connectivity index (χ4n) is 1.09. The first-order chi connectivity index (χ1) is 7.15. The Hall–Kier alpha value is -1.99. The van der Waals surface area contributed by atoms with E-state index in [1.165, 1.54) is 0 Å². The number of hydrogen-bond acceptors (Lipinski definition) is 3. The zero-order valence-electron chi connectivity index (χ0n) is 8.01. The first kappa shape index (κ1) is 11.1. The van der Waals surface area contributed by atoms with E-state index in [4.69, 9.17) is 22.0 Å². The number of carboxylic acids is 1. The molecule has 1 aromatic rings. The molecule has 4 heteroatoms. The second-order valence-electron chi connectivity index (χ2n) is 2.96. The minimum atomic E-state index is -1.05. The zero-order valence-corrected chi connectivity index (χ0v) is 8.01. The summed E-state index contributed by atoms with van der Waals surface area (Å²) in [5.41, 5.74) is 6.84. The van der Waals surface area contributed by atoms with E-state index in [-0.39, 0.29) is 0 Å². The molecule has 1 atom stereocenters. The summed E-state index contributed by atoms with van der Waals surface area (Å²) in [5, 5.41) is 8.67. The van der Waals surface area contributed by atoms with Gasteiger partial charge in [-0.15, -0.1) is 0 Å². The molecule has 0 aliphatic rings. The minimum absolute atomic E-state index is 0.305. The summed E-state index contributed by atoms with van der Waals surface area (Å²) in [4.78, 5) is 10.6. The van der Waals surface area contributed by atoms with E-state index in [2.05, 4.69) is 6.11 Å². The lowest BCUT2D eigenvalue weighted by Gasteiger charge is -2.07. The van der Waals surface area contributed by atoms with Crippen LogP contribution in [-0.2, 0) is 16.1 Å². The van der Waals surface area contributed by atoms with E-state index in [9.17, 15) is 4.79 Å². The fraction of sp³-hybridized carbons (Fsp3) is 0.182. The van der Waals surface area contributed by atoms with Crippen LogP contribution in [0.5, 0.6) is 0 Å². The molecule has 0 aliphatic carbocycles. The van der Waals surface area contributed by atoms with Crippen LogP contribution >= 0.6 is 0 Å². The van der Waals surface area contributed by atoms with Crippen molar-refractivity contribution in [3.05, 3.63) is 35.4 Å². The van der Waals surface area contributed by atoms with Crippen molar-refractivity contribution < 1.29 is 14.6 Å². The highest BCUT2D eigenvalue weighted by atomic mass is 16.5. The van der Waals surface area contributed by atoms with E-state index in [0.717, 1.165) is 5.56 Å². The molecule has 0 heterocycles. The third kappa shape index (κ3) is 3.01. The Morgan fingerprint density at radius 1 is 1.53 bits per heavy atom. The van der Waals surface area contributed by atoms with E-state index >= 15 is 0 Å². The van der Waals surface area contributed by atoms with Gasteiger partial charge in [0.15, 0.2) is 0 Å². The smallest absolute Gasteiger partial charge is 0.325 e. The van der Waals surface area contributed by atoms with Gasteiger partial charge in [0.1, 0.15) is 18.8 Å². The van der Waals surface area contributed by atoms with Gasteiger partial charge in [-0.25, -0.2) is 0 Å². The molecule has 0 saturated carbocycles. The largest absolute Gasteiger partial charge is 0.480 e. The molecule has 1 rings (SSSR count). The highest BCUT2D eigenvalue weighted by Crippen LogP contribution is 2.12. The zero-order chi connectivity index (χ0) is 11.3. The SMILES string of the molecule is C#COCc1ccc(C(N)C(=O)O)cc1. The average molecular weight is 205 g/mol.